The number of amides is 2. The lowest BCUT2D eigenvalue weighted by Gasteiger charge is -2.26. The molecule has 2 amide bonds. The first-order valence-electron chi connectivity index (χ1n) is 7.31. The second-order valence-electron chi connectivity index (χ2n) is 5.09. The molecule has 1 fully saturated rings. The van der Waals surface area contributed by atoms with Crippen molar-refractivity contribution in [1.82, 2.24) is 20.0 Å². The first-order chi connectivity index (χ1) is 10.8. The van der Waals surface area contributed by atoms with Crippen LogP contribution in [-0.2, 0) is 11.3 Å². The maximum Gasteiger partial charge on any atom is 0.317 e. The van der Waals surface area contributed by atoms with Gasteiger partial charge in [-0.25, -0.2) is 9.48 Å². The van der Waals surface area contributed by atoms with Crippen LogP contribution in [0.15, 0.2) is 35.3 Å². The third kappa shape index (κ3) is 3.09. The third-order valence-corrected chi connectivity index (χ3v) is 3.66. The van der Waals surface area contributed by atoms with Crippen LogP contribution in [-0.4, -0.2) is 53.6 Å². The van der Waals surface area contributed by atoms with Crippen molar-refractivity contribution in [2.24, 2.45) is 0 Å². The molecule has 116 valence electrons. The van der Waals surface area contributed by atoms with Gasteiger partial charge < -0.3 is 15.0 Å². The highest BCUT2D eigenvalue weighted by molar-refractivity contribution is 5.80. The van der Waals surface area contributed by atoms with E-state index in [1.54, 1.807) is 17.2 Å². The van der Waals surface area contributed by atoms with Gasteiger partial charge in [-0.05, 0) is 6.07 Å². The zero-order chi connectivity index (χ0) is 15.4. The lowest BCUT2D eigenvalue weighted by molar-refractivity contribution is 0.0532. The molecule has 1 aliphatic rings. The summed E-state index contributed by atoms with van der Waals surface area (Å²) in [7, 11) is 0. The van der Waals surface area contributed by atoms with Gasteiger partial charge in [0.25, 0.3) is 5.56 Å². The van der Waals surface area contributed by atoms with Crippen molar-refractivity contribution in [2.45, 2.75) is 6.54 Å². The normalized spacial score (nSPS) is 15.0. The molecule has 2 aromatic rings. The van der Waals surface area contributed by atoms with Crippen molar-refractivity contribution in [3.63, 3.8) is 0 Å². The number of ether oxygens (including phenoxy) is 1. The van der Waals surface area contributed by atoms with E-state index in [2.05, 4.69) is 10.4 Å². The number of rotatable bonds is 3. The summed E-state index contributed by atoms with van der Waals surface area (Å²) >= 11 is 0. The van der Waals surface area contributed by atoms with E-state index >= 15 is 0 Å². The average Bonchev–Trinajstić information content (AvgIpc) is 2.58. The number of urea groups is 1. The van der Waals surface area contributed by atoms with Crippen molar-refractivity contribution in [2.75, 3.05) is 32.8 Å². The molecule has 7 heteroatoms. The van der Waals surface area contributed by atoms with Crippen LogP contribution in [0.3, 0.4) is 0 Å². The average molecular weight is 302 g/mol. The van der Waals surface area contributed by atoms with E-state index in [1.165, 1.54) is 4.68 Å². The number of nitrogens with zero attached hydrogens (tertiary/aromatic N) is 3. The molecule has 1 aromatic carbocycles. The van der Waals surface area contributed by atoms with Crippen LogP contribution in [0.25, 0.3) is 10.8 Å². The van der Waals surface area contributed by atoms with E-state index in [4.69, 9.17) is 4.74 Å². The maximum atomic E-state index is 12.3. The number of hydrogen-bond donors (Lipinski definition) is 1. The molecule has 1 saturated heterocycles. The second-order valence-corrected chi connectivity index (χ2v) is 5.09. The summed E-state index contributed by atoms with van der Waals surface area (Å²) in [5, 5.41) is 8.40. The van der Waals surface area contributed by atoms with Crippen molar-refractivity contribution in [3.05, 3.63) is 40.8 Å². The Kier molecular flexibility index (Phi) is 4.34. The van der Waals surface area contributed by atoms with Gasteiger partial charge in [0, 0.05) is 25.0 Å². The zero-order valence-corrected chi connectivity index (χ0v) is 12.2. The summed E-state index contributed by atoms with van der Waals surface area (Å²) in [4.78, 5) is 25.9. The fourth-order valence-electron chi connectivity index (χ4n) is 2.43. The lowest BCUT2D eigenvalue weighted by Crippen LogP contribution is -2.47. The fourth-order valence-corrected chi connectivity index (χ4v) is 2.43. The van der Waals surface area contributed by atoms with E-state index in [-0.39, 0.29) is 11.6 Å². The van der Waals surface area contributed by atoms with Crippen LogP contribution in [0.1, 0.15) is 0 Å². The van der Waals surface area contributed by atoms with Crippen LogP contribution in [0.5, 0.6) is 0 Å². The minimum atomic E-state index is -0.140. The largest absolute Gasteiger partial charge is 0.378 e. The van der Waals surface area contributed by atoms with Gasteiger partial charge in [-0.1, -0.05) is 18.2 Å². The van der Waals surface area contributed by atoms with Crippen LogP contribution >= 0.6 is 0 Å². The summed E-state index contributed by atoms with van der Waals surface area (Å²) < 4.78 is 6.58. The van der Waals surface area contributed by atoms with Gasteiger partial charge in [0.15, 0.2) is 0 Å². The first-order valence-corrected chi connectivity index (χ1v) is 7.31. The molecule has 0 radical (unpaired) electrons. The molecule has 22 heavy (non-hydrogen) atoms. The summed E-state index contributed by atoms with van der Waals surface area (Å²) in [6.45, 7) is 3.04. The smallest absolute Gasteiger partial charge is 0.317 e. The molecule has 0 aliphatic carbocycles. The van der Waals surface area contributed by atoms with E-state index in [0.29, 0.717) is 44.8 Å². The monoisotopic (exact) mass is 302 g/mol. The van der Waals surface area contributed by atoms with E-state index in [1.807, 2.05) is 18.2 Å². The highest BCUT2D eigenvalue weighted by atomic mass is 16.5. The predicted octanol–water partition coefficient (Wildman–Crippen LogP) is 0.438. The highest BCUT2D eigenvalue weighted by Crippen LogP contribution is 2.06. The Morgan fingerprint density at radius 2 is 2.05 bits per heavy atom. The van der Waals surface area contributed by atoms with Gasteiger partial charge in [0.05, 0.1) is 31.3 Å². The molecule has 3 rings (SSSR count). The number of benzene rings is 1. The summed E-state index contributed by atoms with van der Waals surface area (Å²) in [5.74, 6) is 0. The number of fused-ring (bicyclic) bond motifs is 1. The predicted molar refractivity (Wildman–Crippen MR) is 81.8 cm³/mol. The zero-order valence-electron chi connectivity index (χ0n) is 12.2. The molecule has 0 saturated carbocycles. The standard InChI is InChI=1S/C15H18N4O3/c20-14-13-4-2-1-3-12(13)11-17-19(14)6-5-16-15(21)18-7-9-22-10-8-18/h1-4,11H,5-10H2,(H,16,21). The van der Waals surface area contributed by atoms with Gasteiger partial charge in [-0.2, -0.15) is 5.10 Å². The first kappa shape index (κ1) is 14.5. The van der Waals surface area contributed by atoms with Gasteiger partial charge in [-0.3, -0.25) is 4.79 Å². The lowest BCUT2D eigenvalue weighted by atomic mass is 10.2. The van der Waals surface area contributed by atoms with Gasteiger partial charge in [0.2, 0.25) is 0 Å². The number of hydrogen-bond acceptors (Lipinski definition) is 4. The van der Waals surface area contributed by atoms with Crippen LogP contribution in [0, 0.1) is 0 Å². The molecule has 1 aromatic heterocycles. The van der Waals surface area contributed by atoms with Crippen LogP contribution in [0.4, 0.5) is 4.79 Å². The Morgan fingerprint density at radius 3 is 2.86 bits per heavy atom. The minimum absolute atomic E-state index is 0.128. The fraction of sp³-hybridized carbons (Fsp3) is 0.400. The molecular formula is C15H18N4O3. The molecule has 0 spiro atoms. The van der Waals surface area contributed by atoms with E-state index in [0.717, 1.165) is 5.39 Å². The molecule has 0 bridgehead atoms. The molecule has 7 nitrogen and oxygen atoms in total. The van der Waals surface area contributed by atoms with Crippen molar-refractivity contribution in [1.29, 1.82) is 0 Å². The van der Waals surface area contributed by atoms with Crippen molar-refractivity contribution in [3.8, 4) is 0 Å². The Labute approximate surface area is 127 Å². The van der Waals surface area contributed by atoms with E-state index < -0.39 is 0 Å². The summed E-state index contributed by atoms with van der Waals surface area (Å²) in [6, 6.07) is 7.21. The SMILES string of the molecule is O=C(NCCn1ncc2ccccc2c1=O)N1CCOCC1. The molecule has 1 aliphatic heterocycles. The van der Waals surface area contributed by atoms with Gasteiger partial charge >= 0.3 is 6.03 Å². The number of nitrogens with one attached hydrogen (secondary N) is 1. The summed E-state index contributed by atoms with van der Waals surface area (Å²) in [5.41, 5.74) is -0.140. The van der Waals surface area contributed by atoms with Gasteiger partial charge in [0.1, 0.15) is 0 Å². The van der Waals surface area contributed by atoms with Crippen molar-refractivity contribution >= 4 is 16.8 Å². The summed E-state index contributed by atoms with van der Waals surface area (Å²) in [6.07, 6.45) is 1.67. The Morgan fingerprint density at radius 1 is 1.27 bits per heavy atom. The van der Waals surface area contributed by atoms with E-state index in [9.17, 15) is 9.59 Å². The van der Waals surface area contributed by atoms with Crippen LogP contribution < -0.4 is 10.9 Å². The quantitative estimate of drug-likeness (QED) is 0.892. The highest BCUT2D eigenvalue weighted by Gasteiger charge is 2.16. The third-order valence-electron chi connectivity index (χ3n) is 3.66. The van der Waals surface area contributed by atoms with Gasteiger partial charge in [-0.15, -0.1) is 0 Å². The topological polar surface area (TPSA) is 76.5 Å². The van der Waals surface area contributed by atoms with Crippen molar-refractivity contribution < 1.29 is 9.53 Å². The Hall–Kier alpha value is -2.41. The number of morpholine rings is 1. The number of aromatic nitrogens is 2. The maximum absolute atomic E-state index is 12.3. The number of carbonyl (C=O) groups is 1. The molecule has 0 unspecified atom stereocenters. The molecule has 0 atom stereocenters. The molecule has 2 heterocycles. The molecule has 1 N–H and O–H groups in total. The molecular weight excluding hydrogens is 284 g/mol. The second kappa shape index (κ2) is 6.57. The van der Waals surface area contributed by atoms with Crippen LogP contribution in [0.2, 0.25) is 0 Å². The Bertz CT molecular complexity index is 722. The number of carbonyl (C=O) groups excluding carboxylic acids is 1. The minimum Gasteiger partial charge on any atom is -0.378 e. The Balaban J connectivity index is 1.61.